The Balaban J connectivity index is 2.66. The Morgan fingerprint density at radius 3 is 2.92 bits per heavy atom. The smallest absolute Gasteiger partial charge is 0.113 e. The molecule has 2 rings (SSSR count). The van der Waals surface area contributed by atoms with E-state index in [1.165, 1.54) is 11.3 Å². The molecular formula is C8H5ClN2S2. The van der Waals surface area contributed by atoms with Gasteiger partial charge in [0.15, 0.2) is 0 Å². The van der Waals surface area contributed by atoms with Crippen LogP contribution in [0.4, 0.5) is 0 Å². The molecule has 0 bridgehead atoms. The summed E-state index contributed by atoms with van der Waals surface area (Å²) in [4.78, 5) is 6.83. The molecule has 0 unspecified atom stereocenters. The number of hydrogen-bond acceptors (Lipinski definition) is 3. The molecule has 0 amide bonds. The van der Waals surface area contributed by atoms with Crippen molar-refractivity contribution in [2.24, 2.45) is 0 Å². The molecule has 0 spiro atoms. The first-order valence-corrected chi connectivity index (χ1v) is 5.21. The molecule has 1 N–H and O–H groups in total. The molecule has 2 heterocycles. The number of aromatic amines is 1. The minimum absolute atomic E-state index is 0.662. The number of nitrogens with zero attached hydrogens (tertiary/aromatic N) is 1. The molecule has 0 saturated heterocycles. The van der Waals surface area contributed by atoms with Crippen molar-refractivity contribution in [1.82, 2.24) is 9.97 Å². The van der Waals surface area contributed by atoms with Crippen LogP contribution in [0.3, 0.4) is 0 Å². The number of aromatic nitrogens is 2. The lowest BCUT2D eigenvalue weighted by molar-refractivity contribution is 1.15. The summed E-state index contributed by atoms with van der Waals surface area (Å²) in [5, 5.41) is 1.93. The number of hydrogen-bond donors (Lipinski definition) is 1. The topological polar surface area (TPSA) is 28.7 Å². The van der Waals surface area contributed by atoms with Crippen molar-refractivity contribution in [3.63, 3.8) is 0 Å². The summed E-state index contributed by atoms with van der Waals surface area (Å²) in [5.74, 6) is 0. The van der Waals surface area contributed by atoms with Crippen LogP contribution in [0, 0.1) is 4.64 Å². The van der Waals surface area contributed by atoms with Crippen molar-refractivity contribution < 1.29 is 0 Å². The molecule has 0 aliphatic carbocycles. The lowest BCUT2D eigenvalue weighted by Gasteiger charge is -1.97. The molecule has 2 aromatic rings. The third-order valence-electron chi connectivity index (χ3n) is 1.63. The van der Waals surface area contributed by atoms with Crippen LogP contribution >= 0.6 is 35.2 Å². The van der Waals surface area contributed by atoms with Crippen LogP contribution in [-0.4, -0.2) is 9.97 Å². The van der Waals surface area contributed by atoms with E-state index in [4.69, 9.17) is 23.8 Å². The van der Waals surface area contributed by atoms with Gasteiger partial charge in [0, 0.05) is 17.3 Å². The Kier molecular flexibility index (Phi) is 2.44. The number of rotatable bonds is 1. The Morgan fingerprint density at radius 1 is 1.46 bits per heavy atom. The SMILES string of the molecule is S=c1[nH]cncc1-c1ccsc1Cl. The van der Waals surface area contributed by atoms with E-state index in [9.17, 15) is 0 Å². The molecule has 66 valence electrons. The molecule has 5 heteroatoms. The average molecular weight is 229 g/mol. The van der Waals surface area contributed by atoms with Crippen LogP contribution in [0.2, 0.25) is 4.34 Å². The second-order valence-corrected chi connectivity index (χ2v) is 4.33. The van der Waals surface area contributed by atoms with E-state index in [-0.39, 0.29) is 0 Å². The first kappa shape index (κ1) is 8.87. The molecule has 0 atom stereocenters. The molecule has 0 fully saturated rings. The first-order valence-electron chi connectivity index (χ1n) is 3.55. The van der Waals surface area contributed by atoms with Gasteiger partial charge in [0.05, 0.1) is 6.33 Å². The van der Waals surface area contributed by atoms with Gasteiger partial charge in [-0.15, -0.1) is 11.3 Å². The molecular weight excluding hydrogens is 224 g/mol. The van der Waals surface area contributed by atoms with Crippen LogP contribution < -0.4 is 0 Å². The van der Waals surface area contributed by atoms with Gasteiger partial charge in [-0.2, -0.15) is 0 Å². The molecule has 2 aromatic heterocycles. The number of H-pyrrole nitrogens is 1. The predicted molar refractivity (Wildman–Crippen MR) is 57.7 cm³/mol. The Hall–Kier alpha value is -0.710. The van der Waals surface area contributed by atoms with E-state index >= 15 is 0 Å². The Labute approximate surface area is 89.2 Å². The van der Waals surface area contributed by atoms with E-state index in [0.717, 1.165) is 15.5 Å². The van der Waals surface area contributed by atoms with E-state index in [2.05, 4.69) is 9.97 Å². The van der Waals surface area contributed by atoms with Crippen LogP contribution in [-0.2, 0) is 0 Å². The number of nitrogens with one attached hydrogen (secondary N) is 1. The lowest BCUT2D eigenvalue weighted by atomic mass is 10.2. The average Bonchev–Trinajstić information content (AvgIpc) is 2.52. The largest absolute Gasteiger partial charge is 0.337 e. The van der Waals surface area contributed by atoms with Crippen LogP contribution in [0.25, 0.3) is 11.1 Å². The molecule has 0 aromatic carbocycles. The molecule has 0 radical (unpaired) electrons. The van der Waals surface area contributed by atoms with Gasteiger partial charge in [0.2, 0.25) is 0 Å². The summed E-state index contributed by atoms with van der Waals surface area (Å²) in [5.41, 5.74) is 1.82. The highest BCUT2D eigenvalue weighted by atomic mass is 35.5. The highest BCUT2D eigenvalue weighted by Gasteiger charge is 2.05. The van der Waals surface area contributed by atoms with Gasteiger partial charge in [-0.3, -0.25) is 0 Å². The summed E-state index contributed by atoms with van der Waals surface area (Å²) in [6.07, 6.45) is 3.28. The predicted octanol–water partition coefficient (Wildman–Crippen LogP) is 3.52. The summed E-state index contributed by atoms with van der Waals surface area (Å²) in [6.45, 7) is 0. The third-order valence-corrected chi connectivity index (χ3v) is 3.13. The second-order valence-electron chi connectivity index (χ2n) is 2.40. The molecule has 0 saturated carbocycles. The quantitative estimate of drug-likeness (QED) is 0.757. The van der Waals surface area contributed by atoms with Gasteiger partial charge in [-0.1, -0.05) is 23.8 Å². The van der Waals surface area contributed by atoms with Gasteiger partial charge in [0.1, 0.15) is 8.98 Å². The maximum absolute atomic E-state index is 5.98. The van der Waals surface area contributed by atoms with E-state index in [1.807, 2.05) is 11.4 Å². The van der Waals surface area contributed by atoms with Crippen molar-refractivity contribution >= 4 is 35.2 Å². The third kappa shape index (κ3) is 1.65. The van der Waals surface area contributed by atoms with Crippen LogP contribution in [0.5, 0.6) is 0 Å². The van der Waals surface area contributed by atoms with E-state index in [1.54, 1.807) is 12.5 Å². The minimum Gasteiger partial charge on any atom is -0.337 e. The second kappa shape index (κ2) is 3.57. The minimum atomic E-state index is 0.662. The van der Waals surface area contributed by atoms with Crippen LogP contribution in [0.1, 0.15) is 0 Å². The number of halogens is 1. The van der Waals surface area contributed by atoms with Gasteiger partial charge >= 0.3 is 0 Å². The Morgan fingerprint density at radius 2 is 2.31 bits per heavy atom. The lowest BCUT2D eigenvalue weighted by Crippen LogP contribution is -1.82. The van der Waals surface area contributed by atoms with Crippen molar-refractivity contribution in [3.05, 3.63) is 32.9 Å². The highest BCUT2D eigenvalue weighted by molar-refractivity contribution is 7.71. The maximum atomic E-state index is 5.98. The van der Waals surface area contributed by atoms with E-state index in [0.29, 0.717) is 4.64 Å². The number of thiophene rings is 1. The first-order chi connectivity index (χ1) is 6.29. The monoisotopic (exact) mass is 228 g/mol. The zero-order valence-corrected chi connectivity index (χ0v) is 8.84. The summed E-state index contributed by atoms with van der Waals surface area (Å²) in [7, 11) is 0. The fraction of sp³-hybridized carbons (Fsp3) is 0. The zero-order valence-electron chi connectivity index (χ0n) is 6.45. The highest BCUT2D eigenvalue weighted by Crippen LogP contribution is 2.31. The van der Waals surface area contributed by atoms with Crippen molar-refractivity contribution in [2.75, 3.05) is 0 Å². The van der Waals surface area contributed by atoms with Gasteiger partial charge in [0.25, 0.3) is 0 Å². The molecule has 0 aliphatic heterocycles. The Bertz CT molecular complexity index is 475. The molecule has 13 heavy (non-hydrogen) atoms. The molecule has 0 aliphatic rings. The summed E-state index contributed by atoms with van der Waals surface area (Å²) in [6, 6.07) is 1.94. The fourth-order valence-electron chi connectivity index (χ4n) is 1.02. The maximum Gasteiger partial charge on any atom is 0.113 e. The van der Waals surface area contributed by atoms with Gasteiger partial charge in [-0.05, 0) is 11.4 Å². The fourth-order valence-corrected chi connectivity index (χ4v) is 2.19. The van der Waals surface area contributed by atoms with E-state index < -0.39 is 0 Å². The van der Waals surface area contributed by atoms with Crippen molar-refractivity contribution in [1.29, 1.82) is 0 Å². The van der Waals surface area contributed by atoms with Crippen molar-refractivity contribution in [3.8, 4) is 11.1 Å². The zero-order chi connectivity index (χ0) is 9.26. The van der Waals surface area contributed by atoms with Crippen molar-refractivity contribution in [2.45, 2.75) is 0 Å². The molecule has 2 nitrogen and oxygen atoms in total. The summed E-state index contributed by atoms with van der Waals surface area (Å²) < 4.78 is 1.41. The van der Waals surface area contributed by atoms with Gasteiger partial charge in [-0.25, -0.2) is 4.98 Å². The van der Waals surface area contributed by atoms with Crippen LogP contribution in [0.15, 0.2) is 24.0 Å². The summed E-state index contributed by atoms with van der Waals surface area (Å²) >= 11 is 12.6. The normalized spacial score (nSPS) is 10.2. The standard InChI is InChI=1S/C8H5ClN2S2/c9-7-5(1-2-13-7)6-3-10-4-11-8(6)12/h1-4H,(H,10,11,12). The van der Waals surface area contributed by atoms with Gasteiger partial charge < -0.3 is 4.98 Å².